The lowest BCUT2D eigenvalue weighted by molar-refractivity contribution is -0.136. The van der Waals surface area contributed by atoms with Crippen molar-refractivity contribution in [1.82, 2.24) is 0 Å². The minimum Gasteiger partial charge on any atom is -0.493 e. The molecule has 2 aromatic rings. The molecule has 0 fully saturated rings. The number of benzene rings is 1. The summed E-state index contributed by atoms with van der Waals surface area (Å²) in [5.41, 5.74) is -0.708. The summed E-state index contributed by atoms with van der Waals surface area (Å²) in [6.07, 6.45) is -3.74. The highest BCUT2D eigenvalue weighted by atomic mass is 79.9. The van der Waals surface area contributed by atoms with Crippen molar-refractivity contribution in [1.29, 1.82) is 0 Å². The van der Waals surface area contributed by atoms with Gasteiger partial charge in [-0.1, -0.05) is 15.9 Å². The van der Waals surface area contributed by atoms with Crippen molar-refractivity contribution in [3.8, 4) is 5.75 Å². The summed E-state index contributed by atoms with van der Waals surface area (Å²) in [6.45, 7) is 0. The van der Waals surface area contributed by atoms with Crippen LogP contribution in [0.25, 0.3) is 11.0 Å². The van der Waals surface area contributed by atoms with Crippen molar-refractivity contribution in [2.45, 2.75) is 6.18 Å². The molecule has 1 heterocycles. The van der Waals surface area contributed by atoms with Gasteiger partial charge in [-0.15, -0.1) is 0 Å². The highest BCUT2D eigenvalue weighted by Gasteiger charge is 2.35. The summed E-state index contributed by atoms with van der Waals surface area (Å²) in [4.78, 5) is 0. The first kappa shape index (κ1) is 11.3. The Labute approximate surface area is 97.1 Å². The van der Waals surface area contributed by atoms with E-state index in [1.54, 1.807) is 6.07 Å². The molecule has 0 aliphatic rings. The maximum absolute atomic E-state index is 12.6. The van der Waals surface area contributed by atoms with Crippen LogP contribution in [0.2, 0.25) is 0 Å². The molecule has 0 atom stereocenters. The standard InChI is InChI=1S/C10H6BrF3O2/c1-15-8-3-5(11)2-6-7(10(12,13)14)4-16-9(6)8/h2-4H,1H3. The second-order valence-corrected chi connectivity index (χ2v) is 4.05. The summed E-state index contributed by atoms with van der Waals surface area (Å²) in [5, 5.41) is -0.0151. The quantitative estimate of drug-likeness (QED) is 0.786. The molecule has 0 spiro atoms. The second kappa shape index (κ2) is 3.69. The van der Waals surface area contributed by atoms with Crippen LogP contribution in [0.15, 0.2) is 27.3 Å². The zero-order valence-electron chi connectivity index (χ0n) is 8.06. The first-order valence-electron chi connectivity index (χ1n) is 4.25. The van der Waals surface area contributed by atoms with Crippen LogP contribution in [0.1, 0.15) is 5.56 Å². The van der Waals surface area contributed by atoms with E-state index >= 15 is 0 Å². The van der Waals surface area contributed by atoms with E-state index in [9.17, 15) is 13.2 Å². The van der Waals surface area contributed by atoms with Gasteiger partial charge in [-0.2, -0.15) is 13.2 Å². The van der Waals surface area contributed by atoms with E-state index in [0.717, 1.165) is 0 Å². The van der Waals surface area contributed by atoms with Crippen molar-refractivity contribution >= 4 is 26.9 Å². The Balaban J connectivity index is 2.77. The van der Waals surface area contributed by atoms with Gasteiger partial charge in [-0.3, -0.25) is 0 Å². The van der Waals surface area contributed by atoms with Crippen molar-refractivity contribution in [2.75, 3.05) is 7.11 Å². The lowest BCUT2D eigenvalue weighted by atomic mass is 10.1. The van der Waals surface area contributed by atoms with Gasteiger partial charge in [0.25, 0.3) is 0 Å². The second-order valence-electron chi connectivity index (χ2n) is 3.13. The molecule has 1 aromatic heterocycles. The van der Waals surface area contributed by atoms with Crippen LogP contribution in [0, 0.1) is 0 Å². The van der Waals surface area contributed by atoms with Gasteiger partial charge >= 0.3 is 6.18 Å². The first-order chi connectivity index (χ1) is 7.43. The third-order valence-electron chi connectivity index (χ3n) is 2.13. The van der Waals surface area contributed by atoms with Crippen molar-refractivity contribution < 1.29 is 22.3 Å². The van der Waals surface area contributed by atoms with E-state index in [-0.39, 0.29) is 16.7 Å². The van der Waals surface area contributed by atoms with Gasteiger partial charge in [-0.05, 0) is 12.1 Å². The number of rotatable bonds is 1. The van der Waals surface area contributed by atoms with Crippen molar-refractivity contribution in [2.24, 2.45) is 0 Å². The zero-order chi connectivity index (χ0) is 11.9. The van der Waals surface area contributed by atoms with Gasteiger partial charge in [0.1, 0.15) is 11.8 Å². The van der Waals surface area contributed by atoms with E-state index in [1.807, 2.05) is 0 Å². The number of ether oxygens (including phenoxy) is 1. The van der Waals surface area contributed by atoms with Gasteiger partial charge in [0.15, 0.2) is 11.3 Å². The number of halogens is 4. The normalized spacial score (nSPS) is 12.1. The predicted octanol–water partition coefficient (Wildman–Crippen LogP) is 4.22. The minimum atomic E-state index is -4.43. The molecule has 0 aliphatic carbocycles. The third-order valence-corrected chi connectivity index (χ3v) is 2.59. The lowest BCUT2D eigenvalue weighted by Gasteiger charge is -2.04. The highest BCUT2D eigenvalue weighted by Crippen LogP contribution is 2.40. The van der Waals surface area contributed by atoms with Crippen LogP contribution in [0.4, 0.5) is 13.2 Å². The van der Waals surface area contributed by atoms with Gasteiger partial charge in [0.2, 0.25) is 0 Å². The molecule has 2 nitrogen and oxygen atoms in total. The Morgan fingerprint density at radius 2 is 2.00 bits per heavy atom. The molecule has 6 heteroatoms. The zero-order valence-corrected chi connectivity index (χ0v) is 9.65. The number of methoxy groups -OCH3 is 1. The average Bonchev–Trinajstić information content (AvgIpc) is 2.58. The molecule has 0 saturated heterocycles. The van der Waals surface area contributed by atoms with Crippen LogP contribution < -0.4 is 4.74 Å². The molecule has 1 aromatic carbocycles. The molecule has 2 rings (SSSR count). The van der Waals surface area contributed by atoms with E-state index < -0.39 is 11.7 Å². The molecule has 0 bridgehead atoms. The number of furan rings is 1. The fourth-order valence-electron chi connectivity index (χ4n) is 1.44. The Bertz CT molecular complexity index is 531. The van der Waals surface area contributed by atoms with Crippen LogP contribution in [0.5, 0.6) is 5.75 Å². The maximum Gasteiger partial charge on any atom is 0.420 e. The Morgan fingerprint density at radius 1 is 1.31 bits per heavy atom. The molecule has 0 radical (unpaired) electrons. The Hall–Kier alpha value is -1.17. The fourth-order valence-corrected chi connectivity index (χ4v) is 1.88. The summed E-state index contributed by atoms with van der Waals surface area (Å²) < 4.78 is 48.1. The highest BCUT2D eigenvalue weighted by molar-refractivity contribution is 9.10. The van der Waals surface area contributed by atoms with E-state index in [1.165, 1.54) is 13.2 Å². The Kier molecular flexibility index (Phi) is 2.61. The van der Waals surface area contributed by atoms with Crippen LogP contribution >= 0.6 is 15.9 Å². The molecule has 0 aliphatic heterocycles. The number of hydrogen-bond acceptors (Lipinski definition) is 2. The number of fused-ring (bicyclic) bond motifs is 1. The topological polar surface area (TPSA) is 22.4 Å². The molecular formula is C10H6BrF3O2. The molecule has 0 N–H and O–H groups in total. The van der Waals surface area contributed by atoms with Gasteiger partial charge in [0, 0.05) is 9.86 Å². The van der Waals surface area contributed by atoms with E-state index in [4.69, 9.17) is 9.15 Å². The molecule has 0 unspecified atom stereocenters. The lowest BCUT2D eigenvalue weighted by Crippen LogP contribution is -2.03. The summed E-state index contributed by atoms with van der Waals surface area (Å²) in [6, 6.07) is 2.90. The van der Waals surface area contributed by atoms with Crippen molar-refractivity contribution in [3.63, 3.8) is 0 Å². The average molecular weight is 295 g/mol. The number of alkyl halides is 3. The summed E-state index contributed by atoms with van der Waals surface area (Å²) >= 11 is 3.12. The van der Waals surface area contributed by atoms with Gasteiger partial charge in [-0.25, -0.2) is 0 Å². The van der Waals surface area contributed by atoms with E-state index in [0.29, 0.717) is 10.7 Å². The smallest absolute Gasteiger partial charge is 0.420 e. The fraction of sp³-hybridized carbons (Fsp3) is 0.200. The molecule has 16 heavy (non-hydrogen) atoms. The molecule has 86 valence electrons. The summed E-state index contributed by atoms with van der Waals surface area (Å²) in [5.74, 6) is 0.264. The molecular weight excluding hydrogens is 289 g/mol. The number of hydrogen-bond donors (Lipinski definition) is 0. The monoisotopic (exact) mass is 294 g/mol. The van der Waals surface area contributed by atoms with Crippen molar-refractivity contribution in [3.05, 3.63) is 28.4 Å². The molecule has 0 amide bonds. The van der Waals surface area contributed by atoms with Crippen LogP contribution in [-0.4, -0.2) is 7.11 Å². The van der Waals surface area contributed by atoms with E-state index in [2.05, 4.69) is 15.9 Å². The molecule has 0 saturated carbocycles. The first-order valence-corrected chi connectivity index (χ1v) is 5.04. The predicted molar refractivity (Wildman–Crippen MR) is 55.5 cm³/mol. The largest absolute Gasteiger partial charge is 0.493 e. The summed E-state index contributed by atoms with van der Waals surface area (Å²) in [7, 11) is 1.37. The van der Waals surface area contributed by atoms with Gasteiger partial charge < -0.3 is 9.15 Å². The minimum absolute atomic E-state index is 0.0151. The third kappa shape index (κ3) is 1.77. The van der Waals surface area contributed by atoms with Gasteiger partial charge in [0.05, 0.1) is 7.11 Å². The Morgan fingerprint density at radius 3 is 2.56 bits per heavy atom. The SMILES string of the molecule is COc1cc(Br)cc2c(C(F)(F)F)coc12. The van der Waals surface area contributed by atoms with Crippen LogP contribution in [0.3, 0.4) is 0 Å². The maximum atomic E-state index is 12.6. The van der Waals surface area contributed by atoms with Crippen LogP contribution in [-0.2, 0) is 6.18 Å².